The fourth-order valence-electron chi connectivity index (χ4n) is 2.65. The Morgan fingerprint density at radius 1 is 1.48 bits per heavy atom. The third-order valence-corrected chi connectivity index (χ3v) is 3.83. The number of hydrogen-bond donors (Lipinski definition) is 1. The highest BCUT2D eigenvalue weighted by molar-refractivity contribution is 6.04. The van der Waals surface area contributed by atoms with Crippen molar-refractivity contribution >= 4 is 11.6 Å². The number of methoxy groups -OCH3 is 1. The van der Waals surface area contributed by atoms with Gasteiger partial charge in [-0.2, -0.15) is 0 Å². The number of aryl methyl sites for hydroxylation is 1. The fourth-order valence-corrected chi connectivity index (χ4v) is 2.65. The first-order valence-electron chi connectivity index (χ1n) is 7.10. The Bertz CT molecular complexity index is 663. The molecule has 0 saturated heterocycles. The average molecular weight is 286 g/mol. The molecule has 0 bridgehead atoms. The molecule has 5 nitrogen and oxygen atoms in total. The van der Waals surface area contributed by atoms with E-state index in [1.807, 2.05) is 18.2 Å². The topological polar surface area (TPSA) is 64.4 Å². The SMILES string of the molecule is COc1cccc(NC(=O)c2noc3c2C[C@@H](C)CC3)c1. The third kappa shape index (κ3) is 2.77. The Hall–Kier alpha value is -2.30. The highest BCUT2D eigenvalue weighted by Crippen LogP contribution is 2.28. The van der Waals surface area contributed by atoms with Gasteiger partial charge in [-0.3, -0.25) is 4.79 Å². The lowest BCUT2D eigenvalue weighted by Crippen LogP contribution is -2.17. The van der Waals surface area contributed by atoms with E-state index in [2.05, 4.69) is 17.4 Å². The van der Waals surface area contributed by atoms with Crippen molar-refractivity contribution in [1.29, 1.82) is 0 Å². The number of carbonyl (C=O) groups excluding carboxylic acids is 1. The summed E-state index contributed by atoms with van der Waals surface area (Å²) in [5, 5.41) is 6.80. The summed E-state index contributed by atoms with van der Waals surface area (Å²) in [5.74, 6) is 1.87. The lowest BCUT2D eigenvalue weighted by Gasteiger charge is -2.16. The Balaban J connectivity index is 1.81. The summed E-state index contributed by atoms with van der Waals surface area (Å²) in [6.07, 6.45) is 2.79. The van der Waals surface area contributed by atoms with E-state index in [-0.39, 0.29) is 5.91 Å². The summed E-state index contributed by atoms with van der Waals surface area (Å²) in [5.41, 5.74) is 2.04. The first-order valence-corrected chi connectivity index (χ1v) is 7.10. The van der Waals surface area contributed by atoms with E-state index >= 15 is 0 Å². The number of ether oxygens (including phenoxy) is 1. The molecule has 1 aromatic carbocycles. The van der Waals surface area contributed by atoms with Crippen molar-refractivity contribution in [2.24, 2.45) is 5.92 Å². The van der Waals surface area contributed by atoms with Gasteiger partial charge < -0.3 is 14.6 Å². The molecular weight excluding hydrogens is 268 g/mol. The summed E-state index contributed by atoms with van der Waals surface area (Å²) in [6, 6.07) is 7.24. The van der Waals surface area contributed by atoms with Crippen LogP contribution in [-0.4, -0.2) is 18.2 Å². The molecule has 0 spiro atoms. The summed E-state index contributed by atoms with van der Waals surface area (Å²) in [4.78, 5) is 12.4. The van der Waals surface area contributed by atoms with Gasteiger partial charge in [0.1, 0.15) is 11.5 Å². The van der Waals surface area contributed by atoms with E-state index < -0.39 is 0 Å². The lowest BCUT2D eigenvalue weighted by molar-refractivity contribution is 0.101. The predicted octanol–water partition coefficient (Wildman–Crippen LogP) is 3.06. The number of hydrogen-bond acceptors (Lipinski definition) is 4. The van der Waals surface area contributed by atoms with Crippen molar-refractivity contribution in [2.45, 2.75) is 26.2 Å². The van der Waals surface area contributed by atoms with Crippen LogP contribution in [0.2, 0.25) is 0 Å². The lowest BCUT2D eigenvalue weighted by atomic mass is 9.88. The highest BCUT2D eigenvalue weighted by Gasteiger charge is 2.26. The number of benzene rings is 1. The van der Waals surface area contributed by atoms with E-state index in [0.29, 0.717) is 23.0 Å². The first-order chi connectivity index (χ1) is 10.2. The van der Waals surface area contributed by atoms with Gasteiger partial charge in [-0.15, -0.1) is 0 Å². The van der Waals surface area contributed by atoms with E-state index in [1.54, 1.807) is 13.2 Å². The molecule has 5 heteroatoms. The normalized spacial score (nSPS) is 17.1. The average Bonchev–Trinajstić information content (AvgIpc) is 2.90. The molecule has 0 saturated carbocycles. The highest BCUT2D eigenvalue weighted by atomic mass is 16.5. The van der Waals surface area contributed by atoms with Crippen LogP contribution in [0.3, 0.4) is 0 Å². The van der Waals surface area contributed by atoms with Crippen LogP contribution in [0.25, 0.3) is 0 Å². The molecule has 110 valence electrons. The van der Waals surface area contributed by atoms with Crippen LogP contribution >= 0.6 is 0 Å². The molecule has 1 aliphatic rings. The van der Waals surface area contributed by atoms with Crippen LogP contribution in [0.1, 0.15) is 35.2 Å². The molecule has 1 heterocycles. The molecule has 0 fully saturated rings. The van der Waals surface area contributed by atoms with Gasteiger partial charge in [0.05, 0.1) is 7.11 Å². The summed E-state index contributed by atoms with van der Waals surface area (Å²) in [7, 11) is 1.59. The van der Waals surface area contributed by atoms with Crippen molar-refractivity contribution in [2.75, 3.05) is 12.4 Å². The third-order valence-electron chi connectivity index (χ3n) is 3.83. The number of rotatable bonds is 3. The Labute approximate surface area is 123 Å². The van der Waals surface area contributed by atoms with Crippen molar-refractivity contribution in [3.05, 3.63) is 41.3 Å². The molecule has 21 heavy (non-hydrogen) atoms. The van der Waals surface area contributed by atoms with Crippen LogP contribution in [0.15, 0.2) is 28.8 Å². The van der Waals surface area contributed by atoms with Gasteiger partial charge in [-0.25, -0.2) is 0 Å². The number of aromatic nitrogens is 1. The number of fused-ring (bicyclic) bond motifs is 1. The number of anilines is 1. The number of nitrogens with zero attached hydrogens (tertiary/aromatic N) is 1. The van der Waals surface area contributed by atoms with Crippen molar-refractivity contribution in [3.63, 3.8) is 0 Å². The summed E-state index contributed by atoms with van der Waals surface area (Å²) in [6.45, 7) is 2.18. The van der Waals surface area contributed by atoms with Gasteiger partial charge in [0.25, 0.3) is 5.91 Å². The minimum atomic E-state index is -0.234. The molecule has 1 atom stereocenters. The van der Waals surface area contributed by atoms with Gasteiger partial charge in [-0.1, -0.05) is 18.1 Å². The molecule has 0 aliphatic heterocycles. The van der Waals surface area contributed by atoms with Crippen LogP contribution < -0.4 is 10.1 Å². The second-order valence-electron chi connectivity index (χ2n) is 5.47. The minimum absolute atomic E-state index is 0.234. The van der Waals surface area contributed by atoms with Crippen molar-refractivity contribution < 1.29 is 14.1 Å². The molecule has 1 N–H and O–H groups in total. The van der Waals surface area contributed by atoms with E-state index in [9.17, 15) is 4.79 Å². The zero-order chi connectivity index (χ0) is 14.8. The molecule has 1 aliphatic carbocycles. The molecular formula is C16H18N2O3. The minimum Gasteiger partial charge on any atom is -0.497 e. The second kappa shape index (κ2) is 5.60. The quantitative estimate of drug-likeness (QED) is 0.941. The number of nitrogens with one attached hydrogen (secondary N) is 1. The standard InChI is InChI=1S/C16H18N2O3/c1-10-6-7-14-13(8-10)15(18-21-14)16(19)17-11-4-3-5-12(9-11)20-2/h3-5,9-10H,6-8H2,1-2H3,(H,17,19)/t10-/m0/s1. The van der Waals surface area contributed by atoms with Gasteiger partial charge in [0, 0.05) is 23.7 Å². The van der Waals surface area contributed by atoms with Crippen LogP contribution in [0.4, 0.5) is 5.69 Å². The van der Waals surface area contributed by atoms with Gasteiger partial charge in [0.2, 0.25) is 0 Å². The first kappa shape index (κ1) is 13.7. The Morgan fingerprint density at radius 3 is 3.14 bits per heavy atom. The molecule has 2 aromatic rings. The van der Waals surface area contributed by atoms with Gasteiger partial charge in [0.15, 0.2) is 5.69 Å². The van der Waals surface area contributed by atoms with E-state index in [1.165, 1.54) is 0 Å². The molecule has 1 amide bonds. The maximum atomic E-state index is 12.4. The maximum Gasteiger partial charge on any atom is 0.278 e. The number of amides is 1. The van der Waals surface area contributed by atoms with Crippen LogP contribution in [-0.2, 0) is 12.8 Å². The van der Waals surface area contributed by atoms with Gasteiger partial charge in [-0.05, 0) is 30.9 Å². The monoisotopic (exact) mass is 286 g/mol. The van der Waals surface area contributed by atoms with E-state index in [0.717, 1.165) is 30.6 Å². The second-order valence-corrected chi connectivity index (χ2v) is 5.47. The Kier molecular flexibility index (Phi) is 3.64. The molecule has 3 rings (SSSR count). The molecule has 1 aromatic heterocycles. The summed E-state index contributed by atoms with van der Waals surface area (Å²) >= 11 is 0. The fraction of sp³-hybridized carbons (Fsp3) is 0.375. The largest absolute Gasteiger partial charge is 0.497 e. The van der Waals surface area contributed by atoms with E-state index in [4.69, 9.17) is 9.26 Å². The predicted molar refractivity (Wildman–Crippen MR) is 78.6 cm³/mol. The number of carbonyl (C=O) groups is 1. The maximum absolute atomic E-state index is 12.4. The molecule has 0 radical (unpaired) electrons. The Morgan fingerprint density at radius 2 is 2.33 bits per heavy atom. The molecule has 0 unspecified atom stereocenters. The van der Waals surface area contributed by atoms with Crippen LogP contribution in [0, 0.1) is 5.92 Å². The zero-order valence-electron chi connectivity index (χ0n) is 12.2. The smallest absolute Gasteiger partial charge is 0.278 e. The van der Waals surface area contributed by atoms with Crippen molar-refractivity contribution in [1.82, 2.24) is 5.16 Å². The zero-order valence-corrected chi connectivity index (χ0v) is 12.2. The van der Waals surface area contributed by atoms with Crippen LogP contribution in [0.5, 0.6) is 5.75 Å². The summed E-state index contributed by atoms with van der Waals surface area (Å²) < 4.78 is 10.4. The van der Waals surface area contributed by atoms with Crippen molar-refractivity contribution in [3.8, 4) is 5.75 Å². The van der Waals surface area contributed by atoms with Gasteiger partial charge >= 0.3 is 0 Å².